The molecule has 0 saturated carbocycles. The van der Waals surface area contributed by atoms with E-state index in [0.717, 1.165) is 28.9 Å². The highest BCUT2D eigenvalue weighted by Gasteiger charge is 1.98. The van der Waals surface area contributed by atoms with Gasteiger partial charge in [-0.25, -0.2) is 4.98 Å². The molecule has 3 aromatic rings. The number of aromatic nitrogens is 1. The van der Waals surface area contributed by atoms with Gasteiger partial charge in [-0.1, -0.05) is 30.3 Å². The molecular formula is C21H25N5O. The molecule has 0 aliphatic carbocycles. The second-order valence-electron chi connectivity index (χ2n) is 6.11. The average Bonchev–Trinajstić information content (AvgIpc) is 2.71. The van der Waals surface area contributed by atoms with E-state index in [1.165, 1.54) is 5.56 Å². The number of fused-ring (bicyclic) bond motifs is 1. The fourth-order valence-corrected chi connectivity index (χ4v) is 2.70. The van der Waals surface area contributed by atoms with Crippen molar-refractivity contribution in [3.8, 4) is 5.75 Å². The lowest BCUT2D eigenvalue weighted by atomic mass is 10.1. The largest absolute Gasteiger partial charge is 0.497 e. The number of benzene rings is 2. The van der Waals surface area contributed by atoms with Gasteiger partial charge in [0.1, 0.15) is 11.6 Å². The molecule has 0 aliphatic heterocycles. The molecule has 27 heavy (non-hydrogen) atoms. The molecule has 0 atom stereocenters. The number of hydrogen-bond acceptors (Lipinski definition) is 4. The maximum atomic E-state index is 5.91. The van der Waals surface area contributed by atoms with Crippen molar-refractivity contribution in [2.24, 2.45) is 10.7 Å². The van der Waals surface area contributed by atoms with Crippen LogP contribution in [0, 0.1) is 0 Å². The number of hydrogen-bond donors (Lipinski definition) is 3. The van der Waals surface area contributed by atoms with Gasteiger partial charge in [0, 0.05) is 25.0 Å². The number of rotatable bonds is 8. The monoisotopic (exact) mass is 363 g/mol. The quantitative estimate of drug-likeness (QED) is 0.326. The van der Waals surface area contributed by atoms with E-state index in [4.69, 9.17) is 10.5 Å². The van der Waals surface area contributed by atoms with Crippen LogP contribution in [0.3, 0.4) is 0 Å². The molecule has 1 heterocycles. The van der Waals surface area contributed by atoms with Gasteiger partial charge in [-0.2, -0.15) is 0 Å². The van der Waals surface area contributed by atoms with Gasteiger partial charge in [0.25, 0.3) is 0 Å². The highest BCUT2D eigenvalue weighted by Crippen LogP contribution is 2.14. The molecule has 0 spiro atoms. The Morgan fingerprint density at radius 3 is 2.67 bits per heavy atom. The van der Waals surface area contributed by atoms with Crippen LogP contribution in [0.5, 0.6) is 5.75 Å². The summed E-state index contributed by atoms with van der Waals surface area (Å²) in [5.74, 6) is 2.17. The summed E-state index contributed by atoms with van der Waals surface area (Å²) in [6, 6.07) is 20.1. The molecular weight excluding hydrogens is 338 g/mol. The summed E-state index contributed by atoms with van der Waals surface area (Å²) in [6.07, 6.45) is 0.839. The van der Waals surface area contributed by atoms with Gasteiger partial charge >= 0.3 is 0 Å². The summed E-state index contributed by atoms with van der Waals surface area (Å²) in [5.41, 5.74) is 8.10. The molecule has 2 aromatic carbocycles. The van der Waals surface area contributed by atoms with Crippen LogP contribution < -0.4 is 21.1 Å². The zero-order valence-electron chi connectivity index (χ0n) is 15.5. The van der Waals surface area contributed by atoms with E-state index < -0.39 is 0 Å². The van der Waals surface area contributed by atoms with Crippen LogP contribution >= 0.6 is 0 Å². The van der Waals surface area contributed by atoms with Gasteiger partial charge in [0.15, 0.2) is 5.96 Å². The number of para-hydroxylation sites is 1. The Bertz CT molecular complexity index is 892. The number of methoxy groups -OCH3 is 1. The van der Waals surface area contributed by atoms with E-state index in [0.29, 0.717) is 25.6 Å². The van der Waals surface area contributed by atoms with E-state index in [2.05, 4.69) is 32.7 Å². The molecule has 3 rings (SSSR count). The second-order valence-corrected chi connectivity index (χ2v) is 6.11. The maximum absolute atomic E-state index is 5.91. The Balaban J connectivity index is 1.37. The van der Waals surface area contributed by atoms with Crippen LogP contribution in [0.1, 0.15) is 5.56 Å². The smallest absolute Gasteiger partial charge is 0.188 e. The van der Waals surface area contributed by atoms with Crippen molar-refractivity contribution in [3.63, 3.8) is 0 Å². The van der Waals surface area contributed by atoms with Crippen LogP contribution in [0.25, 0.3) is 10.9 Å². The van der Waals surface area contributed by atoms with Crippen LogP contribution in [0.4, 0.5) is 5.82 Å². The summed E-state index contributed by atoms with van der Waals surface area (Å²) < 4.78 is 5.15. The normalized spacial score (nSPS) is 11.4. The fraction of sp³-hybridized carbons (Fsp3) is 0.238. The van der Waals surface area contributed by atoms with Crippen LogP contribution in [0.2, 0.25) is 0 Å². The first kappa shape index (κ1) is 18.5. The first-order valence-corrected chi connectivity index (χ1v) is 9.01. The molecule has 0 aliphatic rings. The lowest BCUT2D eigenvalue weighted by Crippen LogP contribution is -2.35. The molecule has 1 aromatic heterocycles. The minimum absolute atomic E-state index is 0.455. The molecule has 6 nitrogen and oxygen atoms in total. The Morgan fingerprint density at radius 1 is 1.04 bits per heavy atom. The number of pyridine rings is 1. The number of nitrogens with zero attached hydrogens (tertiary/aromatic N) is 2. The summed E-state index contributed by atoms with van der Waals surface area (Å²) in [4.78, 5) is 8.93. The summed E-state index contributed by atoms with van der Waals surface area (Å²) in [7, 11) is 1.66. The lowest BCUT2D eigenvalue weighted by Gasteiger charge is -2.08. The Hall–Kier alpha value is -3.28. The zero-order chi connectivity index (χ0) is 18.9. The highest BCUT2D eigenvalue weighted by molar-refractivity contribution is 5.80. The van der Waals surface area contributed by atoms with Gasteiger partial charge in [-0.3, -0.25) is 4.99 Å². The number of aliphatic imine (C=N–C) groups is 1. The SMILES string of the molecule is COc1ccc(CCN=C(N)NCCNc2ccc3ccccc3n2)cc1. The molecule has 4 N–H and O–H groups in total. The van der Waals surface area contributed by atoms with Crippen molar-refractivity contribution in [2.75, 3.05) is 32.1 Å². The minimum atomic E-state index is 0.455. The van der Waals surface area contributed by atoms with E-state index >= 15 is 0 Å². The van der Waals surface area contributed by atoms with E-state index in [1.54, 1.807) is 7.11 Å². The predicted molar refractivity (Wildman–Crippen MR) is 111 cm³/mol. The first-order chi connectivity index (χ1) is 13.2. The van der Waals surface area contributed by atoms with Crippen LogP contribution in [-0.4, -0.2) is 37.7 Å². The number of ether oxygens (including phenoxy) is 1. The number of anilines is 1. The van der Waals surface area contributed by atoms with Gasteiger partial charge < -0.3 is 21.1 Å². The maximum Gasteiger partial charge on any atom is 0.188 e. The molecule has 140 valence electrons. The van der Waals surface area contributed by atoms with Crippen molar-refractivity contribution in [2.45, 2.75) is 6.42 Å². The summed E-state index contributed by atoms with van der Waals surface area (Å²) in [5, 5.41) is 7.53. The van der Waals surface area contributed by atoms with Crippen molar-refractivity contribution < 1.29 is 4.74 Å². The van der Waals surface area contributed by atoms with Gasteiger partial charge in [0.05, 0.1) is 12.6 Å². The van der Waals surface area contributed by atoms with E-state index in [1.807, 2.05) is 48.5 Å². The van der Waals surface area contributed by atoms with Crippen molar-refractivity contribution in [1.29, 1.82) is 0 Å². The molecule has 0 unspecified atom stereocenters. The molecule has 0 amide bonds. The van der Waals surface area contributed by atoms with Crippen LogP contribution in [0.15, 0.2) is 65.7 Å². The molecule has 0 bridgehead atoms. The summed E-state index contributed by atoms with van der Waals surface area (Å²) in [6.45, 7) is 2.03. The number of guanidine groups is 1. The topological polar surface area (TPSA) is 84.6 Å². The van der Waals surface area contributed by atoms with Gasteiger partial charge in [-0.05, 0) is 42.3 Å². The summed E-state index contributed by atoms with van der Waals surface area (Å²) >= 11 is 0. The molecule has 0 radical (unpaired) electrons. The molecule has 0 saturated heterocycles. The Kier molecular flexibility index (Phi) is 6.46. The van der Waals surface area contributed by atoms with Gasteiger partial charge in [0.2, 0.25) is 0 Å². The number of nitrogens with two attached hydrogens (primary N) is 1. The lowest BCUT2D eigenvalue weighted by molar-refractivity contribution is 0.414. The highest BCUT2D eigenvalue weighted by atomic mass is 16.5. The first-order valence-electron chi connectivity index (χ1n) is 9.01. The Morgan fingerprint density at radius 2 is 1.85 bits per heavy atom. The standard InChI is InChI=1S/C21H25N5O/c1-27-18-9-6-16(7-10-18)12-13-24-21(22)25-15-14-23-20-11-8-17-4-2-3-5-19(17)26-20/h2-11H,12-15H2,1H3,(H,23,26)(H3,22,24,25). The average molecular weight is 363 g/mol. The van der Waals surface area contributed by atoms with Gasteiger partial charge in [-0.15, -0.1) is 0 Å². The second kappa shape index (κ2) is 9.43. The Labute approximate surface area is 159 Å². The van der Waals surface area contributed by atoms with E-state index in [9.17, 15) is 0 Å². The fourth-order valence-electron chi connectivity index (χ4n) is 2.70. The third-order valence-electron chi connectivity index (χ3n) is 4.18. The molecule has 6 heteroatoms. The van der Waals surface area contributed by atoms with Crippen LogP contribution in [-0.2, 0) is 6.42 Å². The van der Waals surface area contributed by atoms with Crippen molar-refractivity contribution in [1.82, 2.24) is 10.3 Å². The third kappa shape index (κ3) is 5.60. The van der Waals surface area contributed by atoms with E-state index in [-0.39, 0.29) is 0 Å². The van der Waals surface area contributed by atoms with Crippen molar-refractivity contribution >= 4 is 22.7 Å². The van der Waals surface area contributed by atoms with Crippen molar-refractivity contribution in [3.05, 3.63) is 66.2 Å². The predicted octanol–water partition coefficient (Wildman–Crippen LogP) is 2.80. The molecule has 0 fully saturated rings. The zero-order valence-corrected chi connectivity index (χ0v) is 15.5. The minimum Gasteiger partial charge on any atom is -0.497 e. The number of nitrogens with one attached hydrogen (secondary N) is 2. The third-order valence-corrected chi connectivity index (χ3v) is 4.18.